The molecule has 2 aromatic rings. The van der Waals surface area contributed by atoms with Crippen molar-refractivity contribution in [2.24, 2.45) is 5.92 Å². The summed E-state index contributed by atoms with van der Waals surface area (Å²) in [5, 5.41) is 9.20. The first-order valence-corrected chi connectivity index (χ1v) is 7.92. The number of piperidine rings is 1. The predicted molar refractivity (Wildman–Crippen MR) is 88.4 cm³/mol. The first kappa shape index (κ1) is 15.3. The Hall–Kier alpha value is -2.61. The molecule has 3 heterocycles. The molecule has 0 bridgehead atoms. The maximum atomic E-state index is 9.20. The summed E-state index contributed by atoms with van der Waals surface area (Å²) in [6.07, 6.45) is 5.54. The molecule has 0 radical (unpaired) electrons. The fourth-order valence-corrected chi connectivity index (χ4v) is 2.87. The van der Waals surface area contributed by atoms with Crippen molar-refractivity contribution in [2.45, 2.75) is 19.8 Å². The van der Waals surface area contributed by atoms with Crippen LogP contribution in [-0.4, -0.2) is 29.7 Å². The first-order chi connectivity index (χ1) is 11.3. The molecule has 0 amide bonds. The molecule has 0 spiro atoms. The van der Waals surface area contributed by atoms with Crippen LogP contribution in [0.15, 0.2) is 36.7 Å². The van der Waals surface area contributed by atoms with Gasteiger partial charge in [0.1, 0.15) is 6.07 Å². The lowest BCUT2D eigenvalue weighted by Crippen LogP contribution is -2.36. The highest BCUT2D eigenvalue weighted by Gasteiger charge is 2.21. The molecule has 0 atom stereocenters. The highest BCUT2D eigenvalue weighted by molar-refractivity contribution is 5.57. The Kier molecular flexibility index (Phi) is 4.72. The number of aromatic nitrogens is 2. The summed E-state index contributed by atoms with van der Waals surface area (Å²) in [5.41, 5.74) is 2.60. The summed E-state index contributed by atoms with van der Waals surface area (Å²) in [4.78, 5) is 10.8. The third kappa shape index (κ3) is 3.78. The minimum Gasteiger partial charge on any atom is -0.477 e. The summed E-state index contributed by atoms with van der Waals surface area (Å²) in [7, 11) is 0. The van der Waals surface area contributed by atoms with Gasteiger partial charge >= 0.3 is 0 Å². The van der Waals surface area contributed by atoms with Crippen LogP contribution in [0.2, 0.25) is 0 Å². The summed E-state index contributed by atoms with van der Waals surface area (Å²) in [6, 6.07) is 9.84. The largest absolute Gasteiger partial charge is 0.477 e. The second-order valence-corrected chi connectivity index (χ2v) is 5.86. The van der Waals surface area contributed by atoms with Crippen LogP contribution in [0.4, 0.5) is 5.69 Å². The molecule has 1 aliphatic rings. The van der Waals surface area contributed by atoms with Crippen molar-refractivity contribution >= 4 is 5.69 Å². The fourth-order valence-electron chi connectivity index (χ4n) is 2.87. The lowest BCUT2D eigenvalue weighted by atomic mass is 9.97. The second kappa shape index (κ2) is 7.10. The summed E-state index contributed by atoms with van der Waals surface area (Å²) >= 11 is 0. The topological polar surface area (TPSA) is 62.0 Å². The smallest absolute Gasteiger partial charge is 0.213 e. The van der Waals surface area contributed by atoms with Gasteiger partial charge in [-0.15, -0.1) is 0 Å². The first-order valence-electron chi connectivity index (χ1n) is 7.92. The molecule has 5 nitrogen and oxygen atoms in total. The molecule has 0 unspecified atom stereocenters. The number of pyridine rings is 2. The van der Waals surface area contributed by atoms with Crippen molar-refractivity contribution < 1.29 is 4.74 Å². The summed E-state index contributed by atoms with van der Waals surface area (Å²) in [5.74, 6) is 1.22. The monoisotopic (exact) mass is 308 g/mol. The predicted octanol–water partition coefficient (Wildman–Crippen LogP) is 2.95. The second-order valence-electron chi connectivity index (χ2n) is 5.86. The zero-order valence-electron chi connectivity index (χ0n) is 13.3. The third-order valence-corrected chi connectivity index (χ3v) is 4.21. The van der Waals surface area contributed by atoms with Gasteiger partial charge in [0.2, 0.25) is 5.88 Å². The molecule has 23 heavy (non-hydrogen) atoms. The number of hydrogen-bond acceptors (Lipinski definition) is 5. The van der Waals surface area contributed by atoms with Crippen LogP contribution in [-0.2, 0) is 0 Å². The fraction of sp³-hybridized carbons (Fsp3) is 0.389. The highest BCUT2D eigenvalue weighted by atomic mass is 16.5. The minimum absolute atomic E-state index is 0.524. The average Bonchev–Trinajstić information content (AvgIpc) is 2.60. The van der Waals surface area contributed by atoms with Crippen LogP contribution in [0.5, 0.6) is 5.88 Å². The van der Waals surface area contributed by atoms with Crippen LogP contribution < -0.4 is 9.64 Å². The van der Waals surface area contributed by atoms with E-state index in [-0.39, 0.29) is 0 Å². The molecule has 0 aliphatic carbocycles. The van der Waals surface area contributed by atoms with Crippen molar-refractivity contribution in [2.75, 3.05) is 24.6 Å². The Morgan fingerprint density at radius 2 is 2.13 bits per heavy atom. The van der Waals surface area contributed by atoms with Crippen LogP contribution >= 0.6 is 0 Å². The summed E-state index contributed by atoms with van der Waals surface area (Å²) < 4.78 is 5.82. The standard InChI is InChI=1S/C18H20N4O/c1-14-3-2-4-18(21-14)23-13-15-6-9-22(10-7-15)17-12-20-8-5-16(17)11-19/h2-5,8,12,15H,6-7,9-10,13H2,1H3. The molecule has 118 valence electrons. The van der Waals surface area contributed by atoms with E-state index in [1.54, 1.807) is 18.5 Å². The minimum atomic E-state index is 0.524. The number of anilines is 1. The van der Waals surface area contributed by atoms with Crippen molar-refractivity contribution in [3.63, 3.8) is 0 Å². The van der Waals surface area contributed by atoms with Gasteiger partial charge in [-0.1, -0.05) is 6.07 Å². The van der Waals surface area contributed by atoms with Gasteiger partial charge < -0.3 is 9.64 Å². The molecule has 1 aliphatic heterocycles. The number of aryl methyl sites for hydroxylation is 1. The van der Waals surface area contributed by atoms with Crippen LogP contribution in [0.25, 0.3) is 0 Å². The van der Waals surface area contributed by atoms with E-state index in [4.69, 9.17) is 4.74 Å². The van der Waals surface area contributed by atoms with Crippen molar-refractivity contribution in [1.82, 2.24) is 9.97 Å². The molecule has 5 heteroatoms. The number of nitrogens with zero attached hydrogens (tertiary/aromatic N) is 4. The van der Waals surface area contributed by atoms with Crippen molar-refractivity contribution in [1.29, 1.82) is 5.26 Å². The lowest BCUT2D eigenvalue weighted by molar-refractivity contribution is 0.216. The maximum absolute atomic E-state index is 9.20. The van der Waals surface area contributed by atoms with Gasteiger partial charge in [0, 0.05) is 31.0 Å². The Morgan fingerprint density at radius 1 is 1.30 bits per heavy atom. The molecule has 2 aromatic heterocycles. The van der Waals surface area contributed by atoms with E-state index in [2.05, 4.69) is 20.9 Å². The van der Waals surface area contributed by atoms with Crippen LogP contribution in [0.3, 0.4) is 0 Å². The number of rotatable bonds is 4. The molecular formula is C18H20N4O. The number of nitriles is 1. The van der Waals surface area contributed by atoms with Gasteiger partial charge in [-0.3, -0.25) is 4.98 Å². The van der Waals surface area contributed by atoms with Gasteiger partial charge in [-0.2, -0.15) is 5.26 Å². The van der Waals surface area contributed by atoms with E-state index >= 15 is 0 Å². The zero-order valence-corrected chi connectivity index (χ0v) is 13.3. The van der Waals surface area contributed by atoms with E-state index in [1.807, 2.05) is 25.1 Å². The quantitative estimate of drug-likeness (QED) is 0.869. The normalized spacial score (nSPS) is 15.2. The zero-order chi connectivity index (χ0) is 16.1. The molecule has 1 saturated heterocycles. The van der Waals surface area contributed by atoms with E-state index in [0.717, 1.165) is 37.3 Å². The van der Waals surface area contributed by atoms with Crippen molar-refractivity contribution in [3.05, 3.63) is 47.9 Å². The van der Waals surface area contributed by atoms with Gasteiger partial charge in [0.25, 0.3) is 0 Å². The number of ether oxygens (including phenoxy) is 1. The third-order valence-electron chi connectivity index (χ3n) is 4.21. The molecule has 1 fully saturated rings. The Morgan fingerprint density at radius 3 is 2.87 bits per heavy atom. The van der Waals surface area contributed by atoms with E-state index < -0.39 is 0 Å². The molecular weight excluding hydrogens is 288 g/mol. The van der Waals surface area contributed by atoms with E-state index in [9.17, 15) is 5.26 Å². The van der Waals surface area contributed by atoms with Crippen LogP contribution in [0.1, 0.15) is 24.1 Å². The average molecular weight is 308 g/mol. The van der Waals surface area contributed by atoms with Gasteiger partial charge in [0.15, 0.2) is 0 Å². The molecule has 0 aromatic carbocycles. The molecule has 3 rings (SSSR count). The molecule has 0 saturated carbocycles. The molecule has 0 N–H and O–H groups in total. The van der Waals surface area contributed by atoms with Crippen LogP contribution in [0, 0.1) is 24.2 Å². The lowest BCUT2D eigenvalue weighted by Gasteiger charge is -2.33. The number of hydrogen-bond donors (Lipinski definition) is 0. The van der Waals surface area contributed by atoms with Gasteiger partial charge in [0.05, 0.1) is 24.1 Å². The SMILES string of the molecule is Cc1cccc(OCC2CCN(c3cnccc3C#N)CC2)n1. The van der Waals surface area contributed by atoms with E-state index in [0.29, 0.717) is 24.0 Å². The highest BCUT2D eigenvalue weighted by Crippen LogP contribution is 2.25. The Bertz CT molecular complexity index is 702. The Labute approximate surface area is 136 Å². The maximum Gasteiger partial charge on any atom is 0.213 e. The van der Waals surface area contributed by atoms with Crippen molar-refractivity contribution in [3.8, 4) is 11.9 Å². The van der Waals surface area contributed by atoms with Gasteiger partial charge in [-0.05, 0) is 37.8 Å². The van der Waals surface area contributed by atoms with Gasteiger partial charge in [-0.25, -0.2) is 4.98 Å². The Balaban J connectivity index is 1.53. The summed E-state index contributed by atoms with van der Waals surface area (Å²) in [6.45, 7) is 4.51. The van der Waals surface area contributed by atoms with E-state index in [1.165, 1.54) is 0 Å².